The lowest BCUT2D eigenvalue weighted by Crippen LogP contribution is -2.37. The molecule has 9 heteroatoms. The molecule has 0 fully saturated rings. The molecule has 2 aromatic carbocycles. The Balaban J connectivity index is 0.00000480. The number of aliphatic imine (C=N–C) groups is 1. The van der Waals surface area contributed by atoms with Gasteiger partial charge in [0.1, 0.15) is 12.4 Å². The van der Waals surface area contributed by atoms with Crippen LogP contribution in [-0.4, -0.2) is 39.4 Å². The standard InChI is InChI=1S/C22H28F3N3O2.HI/c1-16-7-8-20(29-3)19(11-16)9-10-27-21(26-2)28-13-17-5-4-6-18(12-17)14-30-15-22(23,24)25;/h4-8,11-12H,9-10,13-15H2,1-3H3,(H2,26,27,28);1H. The monoisotopic (exact) mass is 551 g/mol. The highest BCUT2D eigenvalue weighted by Crippen LogP contribution is 2.19. The van der Waals surface area contributed by atoms with Crippen molar-refractivity contribution < 1.29 is 22.6 Å². The summed E-state index contributed by atoms with van der Waals surface area (Å²) in [5, 5.41) is 6.46. The van der Waals surface area contributed by atoms with Crippen molar-refractivity contribution in [2.45, 2.75) is 32.7 Å². The number of aryl methyl sites for hydroxylation is 1. The van der Waals surface area contributed by atoms with E-state index in [1.54, 1.807) is 26.3 Å². The Morgan fingerprint density at radius 1 is 1.06 bits per heavy atom. The summed E-state index contributed by atoms with van der Waals surface area (Å²) in [4.78, 5) is 4.21. The van der Waals surface area contributed by atoms with E-state index in [-0.39, 0.29) is 30.6 Å². The Hall–Kier alpha value is -2.01. The maximum atomic E-state index is 12.2. The zero-order chi connectivity index (χ0) is 22.0. The van der Waals surface area contributed by atoms with Gasteiger partial charge in [-0.15, -0.1) is 24.0 Å². The second-order valence-corrected chi connectivity index (χ2v) is 6.85. The van der Waals surface area contributed by atoms with Crippen molar-refractivity contribution in [1.29, 1.82) is 0 Å². The molecule has 0 aliphatic heterocycles. The molecule has 0 amide bonds. The van der Waals surface area contributed by atoms with Crippen molar-refractivity contribution in [2.24, 2.45) is 4.99 Å². The number of hydrogen-bond donors (Lipinski definition) is 2. The van der Waals surface area contributed by atoms with Crippen LogP contribution in [0.4, 0.5) is 13.2 Å². The summed E-state index contributed by atoms with van der Waals surface area (Å²) in [6, 6.07) is 13.3. The first-order valence-electron chi connectivity index (χ1n) is 9.61. The SMILES string of the molecule is CN=C(NCCc1cc(C)ccc1OC)NCc1cccc(COCC(F)(F)F)c1.I. The number of ether oxygens (including phenoxy) is 2. The topological polar surface area (TPSA) is 54.9 Å². The maximum absolute atomic E-state index is 12.2. The maximum Gasteiger partial charge on any atom is 0.411 e. The number of rotatable bonds is 9. The van der Waals surface area contributed by atoms with Crippen LogP contribution in [0.3, 0.4) is 0 Å². The second-order valence-electron chi connectivity index (χ2n) is 6.85. The first kappa shape index (κ1) is 27.0. The summed E-state index contributed by atoms with van der Waals surface area (Å²) < 4.78 is 46.7. The van der Waals surface area contributed by atoms with E-state index < -0.39 is 12.8 Å². The number of guanidine groups is 1. The van der Waals surface area contributed by atoms with Crippen LogP contribution in [-0.2, 0) is 24.3 Å². The van der Waals surface area contributed by atoms with E-state index in [2.05, 4.69) is 21.7 Å². The lowest BCUT2D eigenvalue weighted by molar-refractivity contribution is -0.176. The highest BCUT2D eigenvalue weighted by Gasteiger charge is 2.27. The number of halogens is 4. The largest absolute Gasteiger partial charge is 0.496 e. The summed E-state index contributed by atoms with van der Waals surface area (Å²) in [7, 11) is 3.34. The zero-order valence-corrected chi connectivity index (χ0v) is 20.2. The van der Waals surface area contributed by atoms with Crippen molar-refractivity contribution in [3.05, 3.63) is 64.7 Å². The molecule has 2 N–H and O–H groups in total. The number of nitrogens with zero attached hydrogens (tertiary/aromatic N) is 1. The van der Waals surface area contributed by atoms with Crippen LogP contribution in [0.25, 0.3) is 0 Å². The molecule has 2 aromatic rings. The minimum Gasteiger partial charge on any atom is -0.496 e. The van der Waals surface area contributed by atoms with Crippen molar-refractivity contribution in [3.8, 4) is 5.75 Å². The Kier molecular flexibility index (Phi) is 11.7. The molecule has 5 nitrogen and oxygen atoms in total. The molecule has 0 unspecified atom stereocenters. The van der Waals surface area contributed by atoms with Crippen molar-refractivity contribution in [3.63, 3.8) is 0 Å². The van der Waals surface area contributed by atoms with Crippen LogP contribution in [0, 0.1) is 6.92 Å². The normalized spacial score (nSPS) is 11.6. The summed E-state index contributed by atoms with van der Waals surface area (Å²) in [5.41, 5.74) is 3.90. The Morgan fingerprint density at radius 3 is 2.48 bits per heavy atom. The number of nitrogens with one attached hydrogen (secondary N) is 2. The minimum atomic E-state index is -4.32. The van der Waals surface area contributed by atoms with Crippen LogP contribution >= 0.6 is 24.0 Å². The van der Waals surface area contributed by atoms with Crippen molar-refractivity contribution in [1.82, 2.24) is 10.6 Å². The third-order valence-corrected chi connectivity index (χ3v) is 4.33. The van der Waals surface area contributed by atoms with Gasteiger partial charge in [0.05, 0.1) is 13.7 Å². The van der Waals surface area contributed by atoms with E-state index in [0.717, 1.165) is 23.3 Å². The lowest BCUT2D eigenvalue weighted by Gasteiger charge is -2.14. The van der Waals surface area contributed by atoms with Gasteiger partial charge in [0, 0.05) is 20.1 Å². The average Bonchev–Trinajstić information content (AvgIpc) is 2.70. The first-order valence-corrected chi connectivity index (χ1v) is 9.61. The van der Waals surface area contributed by atoms with Gasteiger partial charge in [-0.25, -0.2) is 0 Å². The highest BCUT2D eigenvalue weighted by atomic mass is 127. The van der Waals surface area contributed by atoms with Crippen molar-refractivity contribution in [2.75, 3.05) is 27.3 Å². The van der Waals surface area contributed by atoms with E-state index in [4.69, 9.17) is 9.47 Å². The summed E-state index contributed by atoms with van der Waals surface area (Å²) in [5.74, 6) is 1.50. The number of hydrogen-bond acceptors (Lipinski definition) is 3. The van der Waals surface area contributed by atoms with Crippen LogP contribution in [0.5, 0.6) is 5.75 Å². The highest BCUT2D eigenvalue weighted by molar-refractivity contribution is 14.0. The molecule has 0 aromatic heterocycles. The molecule has 0 saturated carbocycles. The fourth-order valence-corrected chi connectivity index (χ4v) is 2.94. The Bertz CT molecular complexity index is 845. The van der Waals surface area contributed by atoms with Crippen molar-refractivity contribution >= 4 is 29.9 Å². The van der Waals surface area contributed by atoms with E-state index in [0.29, 0.717) is 24.6 Å². The van der Waals surface area contributed by atoms with Crippen LogP contribution in [0.1, 0.15) is 22.3 Å². The van der Waals surface area contributed by atoms with Crippen LogP contribution < -0.4 is 15.4 Å². The van der Waals surface area contributed by atoms with E-state index in [1.807, 2.05) is 31.2 Å². The number of methoxy groups -OCH3 is 1. The number of alkyl halides is 3. The molecule has 0 spiro atoms. The molecule has 172 valence electrons. The lowest BCUT2D eigenvalue weighted by atomic mass is 10.1. The van der Waals surface area contributed by atoms with E-state index in [9.17, 15) is 13.2 Å². The van der Waals surface area contributed by atoms with Gasteiger partial charge in [-0.05, 0) is 36.1 Å². The molecule has 0 aliphatic rings. The van der Waals surface area contributed by atoms with Gasteiger partial charge in [-0.2, -0.15) is 13.2 Å². The fraction of sp³-hybridized carbons (Fsp3) is 0.409. The van der Waals surface area contributed by atoms with Crippen LogP contribution in [0.15, 0.2) is 47.5 Å². The van der Waals surface area contributed by atoms with E-state index in [1.165, 1.54) is 5.56 Å². The molecule has 31 heavy (non-hydrogen) atoms. The molecular weight excluding hydrogens is 522 g/mol. The van der Waals surface area contributed by atoms with Gasteiger partial charge >= 0.3 is 6.18 Å². The molecule has 0 bridgehead atoms. The molecule has 2 rings (SSSR count). The Labute approximate surface area is 198 Å². The molecular formula is C22H29F3IN3O2. The van der Waals surface area contributed by atoms with Gasteiger partial charge in [0.25, 0.3) is 0 Å². The van der Waals surface area contributed by atoms with Gasteiger partial charge in [-0.1, -0.05) is 42.0 Å². The average molecular weight is 551 g/mol. The van der Waals surface area contributed by atoms with Gasteiger partial charge < -0.3 is 20.1 Å². The molecule has 0 aliphatic carbocycles. The predicted molar refractivity (Wildman–Crippen MR) is 127 cm³/mol. The molecule has 0 saturated heterocycles. The number of benzene rings is 2. The summed E-state index contributed by atoms with van der Waals surface area (Å²) in [6.45, 7) is 1.86. The van der Waals surface area contributed by atoms with Crippen LogP contribution in [0.2, 0.25) is 0 Å². The van der Waals surface area contributed by atoms with E-state index >= 15 is 0 Å². The predicted octanol–water partition coefficient (Wildman–Crippen LogP) is 4.61. The second kappa shape index (κ2) is 13.4. The van der Waals surface area contributed by atoms with Gasteiger partial charge in [0.15, 0.2) is 5.96 Å². The summed E-state index contributed by atoms with van der Waals surface area (Å²) >= 11 is 0. The summed E-state index contributed by atoms with van der Waals surface area (Å²) in [6.07, 6.45) is -3.54. The third-order valence-electron chi connectivity index (χ3n) is 4.33. The first-order chi connectivity index (χ1) is 14.3. The molecule has 0 atom stereocenters. The third kappa shape index (κ3) is 10.2. The Morgan fingerprint density at radius 2 is 1.81 bits per heavy atom. The quantitative estimate of drug-likeness (QED) is 0.272. The van der Waals surface area contributed by atoms with Gasteiger partial charge in [-0.3, -0.25) is 4.99 Å². The molecule has 0 radical (unpaired) electrons. The molecule has 0 heterocycles. The minimum absolute atomic E-state index is 0. The smallest absolute Gasteiger partial charge is 0.411 e. The van der Waals surface area contributed by atoms with Gasteiger partial charge in [0.2, 0.25) is 0 Å². The fourth-order valence-electron chi connectivity index (χ4n) is 2.94. The zero-order valence-electron chi connectivity index (χ0n) is 17.9.